The lowest BCUT2D eigenvalue weighted by molar-refractivity contribution is -0.115. The Morgan fingerprint density at radius 1 is 1.08 bits per heavy atom. The Hall–Kier alpha value is -3.15. The second-order valence-corrected chi connectivity index (χ2v) is 5.50. The molecular weight excluding hydrogens is 322 g/mol. The highest BCUT2D eigenvalue weighted by Crippen LogP contribution is 2.19. The summed E-state index contributed by atoms with van der Waals surface area (Å²) in [5, 5.41) is 12.4. The second kappa shape index (κ2) is 8.10. The van der Waals surface area contributed by atoms with E-state index >= 15 is 0 Å². The molecule has 1 amide bonds. The van der Waals surface area contributed by atoms with Crippen LogP contribution in [0.15, 0.2) is 42.5 Å². The Balaban J connectivity index is 1.95. The van der Waals surface area contributed by atoms with Crippen molar-refractivity contribution in [3.8, 4) is 5.75 Å². The lowest BCUT2D eigenvalue weighted by Crippen LogP contribution is -2.15. The highest BCUT2D eigenvalue weighted by molar-refractivity contribution is 6.00. The number of anilines is 1. The number of amides is 1. The summed E-state index contributed by atoms with van der Waals surface area (Å²) in [6.45, 7) is 3.09. The molecule has 6 nitrogen and oxygen atoms in total. The lowest BCUT2D eigenvalue weighted by atomic mass is 10.1. The summed E-state index contributed by atoms with van der Waals surface area (Å²) in [6, 6.07) is 10.9. The number of aromatic hydroxyl groups is 1. The van der Waals surface area contributed by atoms with Crippen LogP contribution < -0.4 is 5.32 Å². The molecule has 0 radical (unpaired) electrons. The van der Waals surface area contributed by atoms with Crippen LogP contribution in [0.2, 0.25) is 0 Å². The lowest BCUT2D eigenvalue weighted by Gasteiger charge is -2.07. The van der Waals surface area contributed by atoms with E-state index in [9.17, 15) is 19.5 Å². The van der Waals surface area contributed by atoms with E-state index in [1.54, 1.807) is 44.2 Å². The van der Waals surface area contributed by atoms with Gasteiger partial charge in [0.25, 0.3) is 0 Å². The van der Waals surface area contributed by atoms with Crippen LogP contribution in [-0.4, -0.2) is 29.4 Å². The van der Waals surface area contributed by atoms with Crippen LogP contribution in [0, 0.1) is 6.92 Å². The predicted molar refractivity (Wildman–Crippen MR) is 92.8 cm³/mol. The molecule has 0 aliphatic heterocycles. The zero-order chi connectivity index (χ0) is 18.4. The first-order valence-corrected chi connectivity index (χ1v) is 7.80. The molecule has 0 heterocycles. The fourth-order valence-electron chi connectivity index (χ4n) is 2.10. The number of esters is 1. The Kier molecular flexibility index (Phi) is 5.89. The van der Waals surface area contributed by atoms with E-state index in [0.717, 1.165) is 5.56 Å². The summed E-state index contributed by atoms with van der Waals surface area (Å²) in [5.41, 5.74) is 1.76. The largest absolute Gasteiger partial charge is 0.507 e. The number of hydrogen-bond acceptors (Lipinski definition) is 5. The summed E-state index contributed by atoms with van der Waals surface area (Å²) < 4.78 is 4.96. The monoisotopic (exact) mass is 341 g/mol. The fourth-order valence-corrected chi connectivity index (χ4v) is 2.10. The van der Waals surface area contributed by atoms with Crippen LogP contribution in [0.5, 0.6) is 5.75 Å². The smallest absolute Gasteiger partial charge is 0.342 e. The van der Waals surface area contributed by atoms with E-state index in [4.69, 9.17) is 4.74 Å². The van der Waals surface area contributed by atoms with Gasteiger partial charge in [0.05, 0.1) is 0 Å². The summed E-state index contributed by atoms with van der Waals surface area (Å²) in [5.74, 6) is -1.45. The van der Waals surface area contributed by atoms with Gasteiger partial charge in [0.15, 0.2) is 12.4 Å². The first-order valence-electron chi connectivity index (χ1n) is 7.80. The number of nitrogens with one attached hydrogen (secondary N) is 1. The van der Waals surface area contributed by atoms with E-state index < -0.39 is 12.6 Å². The van der Waals surface area contributed by atoms with Crippen LogP contribution in [0.1, 0.15) is 39.6 Å². The normalized spacial score (nSPS) is 10.2. The van der Waals surface area contributed by atoms with Gasteiger partial charge in [-0.1, -0.05) is 13.0 Å². The highest BCUT2D eigenvalue weighted by atomic mass is 16.5. The van der Waals surface area contributed by atoms with Crippen molar-refractivity contribution < 1.29 is 24.2 Å². The standard InChI is InChI=1S/C19H19NO5/c1-3-18(23)20-14-7-5-13(6-8-14)17(22)11-25-19(24)15-9-4-12(2)10-16(15)21/h4-10,21H,3,11H2,1-2H3,(H,20,23). The van der Waals surface area contributed by atoms with Crippen molar-refractivity contribution in [2.75, 3.05) is 11.9 Å². The van der Waals surface area contributed by atoms with E-state index in [1.807, 2.05) is 0 Å². The molecule has 0 aliphatic carbocycles. The number of aryl methyl sites for hydroxylation is 1. The molecule has 0 aromatic heterocycles. The summed E-state index contributed by atoms with van der Waals surface area (Å²) in [6.07, 6.45) is 0.364. The number of phenols is 1. The van der Waals surface area contributed by atoms with Gasteiger partial charge in [0.1, 0.15) is 11.3 Å². The SMILES string of the molecule is CCC(=O)Nc1ccc(C(=O)COC(=O)c2ccc(C)cc2O)cc1. The Morgan fingerprint density at radius 3 is 2.36 bits per heavy atom. The average Bonchev–Trinajstić information content (AvgIpc) is 2.60. The number of carbonyl (C=O) groups excluding carboxylic acids is 3. The Morgan fingerprint density at radius 2 is 1.76 bits per heavy atom. The second-order valence-electron chi connectivity index (χ2n) is 5.50. The highest BCUT2D eigenvalue weighted by Gasteiger charge is 2.15. The molecular formula is C19H19NO5. The third kappa shape index (κ3) is 4.91. The zero-order valence-corrected chi connectivity index (χ0v) is 14.0. The van der Waals surface area contributed by atoms with Crippen molar-refractivity contribution in [1.29, 1.82) is 0 Å². The van der Waals surface area contributed by atoms with Gasteiger partial charge < -0.3 is 15.2 Å². The minimum absolute atomic E-state index is 0.0102. The van der Waals surface area contributed by atoms with Gasteiger partial charge >= 0.3 is 5.97 Å². The number of Topliss-reactive ketones (excluding diaryl/α,β-unsaturated/α-hetero) is 1. The molecule has 2 aromatic rings. The molecule has 25 heavy (non-hydrogen) atoms. The number of ether oxygens (including phenoxy) is 1. The maximum Gasteiger partial charge on any atom is 0.342 e. The van der Waals surface area contributed by atoms with Crippen molar-refractivity contribution in [2.45, 2.75) is 20.3 Å². The molecule has 0 unspecified atom stereocenters. The molecule has 0 saturated carbocycles. The number of carbonyl (C=O) groups is 3. The Labute approximate surface area is 145 Å². The van der Waals surface area contributed by atoms with Gasteiger partial charge in [-0.3, -0.25) is 9.59 Å². The van der Waals surface area contributed by atoms with Crippen LogP contribution in [0.25, 0.3) is 0 Å². The predicted octanol–water partition coefficient (Wildman–Crippen LogP) is 3.09. The minimum Gasteiger partial charge on any atom is -0.507 e. The van der Waals surface area contributed by atoms with Crippen molar-refractivity contribution >= 4 is 23.3 Å². The van der Waals surface area contributed by atoms with Gasteiger partial charge in [-0.05, 0) is 48.9 Å². The molecule has 0 saturated heterocycles. The third-order valence-corrected chi connectivity index (χ3v) is 3.52. The average molecular weight is 341 g/mol. The molecule has 2 rings (SSSR count). The Bertz CT molecular complexity index is 796. The summed E-state index contributed by atoms with van der Waals surface area (Å²) in [4.78, 5) is 35.3. The van der Waals surface area contributed by atoms with Gasteiger partial charge in [-0.15, -0.1) is 0 Å². The molecule has 130 valence electrons. The van der Waals surface area contributed by atoms with Crippen molar-refractivity contribution in [2.24, 2.45) is 0 Å². The maximum absolute atomic E-state index is 12.1. The first-order chi connectivity index (χ1) is 11.9. The van der Waals surface area contributed by atoms with E-state index in [2.05, 4.69) is 5.32 Å². The van der Waals surface area contributed by atoms with Gasteiger partial charge in [0.2, 0.25) is 5.91 Å². The van der Waals surface area contributed by atoms with Crippen LogP contribution >= 0.6 is 0 Å². The topological polar surface area (TPSA) is 92.7 Å². The first kappa shape index (κ1) is 18.2. The molecule has 0 spiro atoms. The molecule has 6 heteroatoms. The summed E-state index contributed by atoms with van der Waals surface area (Å²) >= 11 is 0. The molecule has 2 N–H and O–H groups in total. The van der Waals surface area contributed by atoms with E-state index in [-0.39, 0.29) is 23.0 Å². The van der Waals surface area contributed by atoms with Crippen molar-refractivity contribution in [3.05, 3.63) is 59.2 Å². The van der Waals surface area contributed by atoms with Gasteiger partial charge in [-0.2, -0.15) is 0 Å². The molecule has 0 atom stereocenters. The molecule has 0 aliphatic rings. The molecule has 2 aromatic carbocycles. The number of ketones is 1. The number of phenolic OH excluding ortho intramolecular Hbond substituents is 1. The fraction of sp³-hybridized carbons (Fsp3) is 0.211. The molecule has 0 bridgehead atoms. The summed E-state index contributed by atoms with van der Waals surface area (Å²) in [7, 11) is 0. The van der Waals surface area contributed by atoms with E-state index in [1.165, 1.54) is 12.1 Å². The minimum atomic E-state index is -0.766. The van der Waals surface area contributed by atoms with Gasteiger partial charge in [0, 0.05) is 17.7 Å². The quantitative estimate of drug-likeness (QED) is 0.622. The maximum atomic E-state index is 12.1. The van der Waals surface area contributed by atoms with Crippen LogP contribution in [0.3, 0.4) is 0 Å². The van der Waals surface area contributed by atoms with Gasteiger partial charge in [-0.25, -0.2) is 4.79 Å². The number of rotatable bonds is 6. The van der Waals surface area contributed by atoms with Crippen molar-refractivity contribution in [1.82, 2.24) is 0 Å². The third-order valence-electron chi connectivity index (χ3n) is 3.52. The molecule has 0 fully saturated rings. The zero-order valence-electron chi connectivity index (χ0n) is 14.0. The van der Waals surface area contributed by atoms with Crippen LogP contribution in [-0.2, 0) is 9.53 Å². The van der Waals surface area contributed by atoms with Crippen molar-refractivity contribution in [3.63, 3.8) is 0 Å². The van der Waals surface area contributed by atoms with Crippen LogP contribution in [0.4, 0.5) is 5.69 Å². The number of benzene rings is 2. The number of hydrogen-bond donors (Lipinski definition) is 2. The van der Waals surface area contributed by atoms with E-state index in [0.29, 0.717) is 17.7 Å².